The van der Waals surface area contributed by atoms with E-state index < -0.39 is 11.6 Å². The fourth-order valence-electron chi connectivity index (χ4n) is 3.25. The van der Waals surface area contributed by atoms with E-state index in [1.54, 1.807) is 18.1 Å². The van der Waals surface area contributed by atoms with Gasteiger partial charge in [-0.2, -0.15) is 0 Å². The van der Waals surface area contributed by atoms with Crippen molar-refractivity contribution in [3.63, 3.8) is 0 Å². The average molecular weight is 531 g/mol. The molecule has 1 aromatic carbocycles. The van der Waals surface area contributed by atoms with Gasteiger partial charge in [0, 0.05) is 45.0 Å². The van der Waals surface area contributed by atoms with Gasteiger partial charge >= 0.3 is 0 Å². The third-order valence-electron chi connectivity index (χ3n) is 4.72. The monoisotopic (exact) mass is 531 g/mol. The summed E-state index contributed by atoms with van der Waals surface area (Å²) < 4.78 is 33.5. The SMILES string of the molecule is CCCOc1ccc(CNC(=NC)NC2CCN(c3c(F)cccc3F)C2)cn1.I. The van der Waals surface area contributed by atoms with Gasteiger partial charge < -0.3 is 20.3 Å². The average Bonchev–Trinajstić information content (AvgIpc) is 3.18. The van der Waals surface area contributed by atoms with Crippen molar-refractivity contribution in [2.24, 2.45) is 4.99 Å². The third-order valence-corrected chi connectivity index (χ3v) is 4.72. The number of ether oxygens (including phenoxy) is 1. The van der Waals surface area contributed by atoms with Crippen LogP contribution in [0.5, 0.6) is 5.88 Å². The van der Waals surface area contributed by atoms with Gasteiger partial charge in [-0.1, -0.05) is 19.1 Å². The first kappa shape index (κ1) is 24.1. The molecule has 6 nitrogen and oxygen atoms in total. The molecule has 1 saturated heterocycles. The van der Waals surface area contributed by atoms with Crippen molar-refractivity contribution in [2.45, 2.75) is 32.4 Å². The molecule has 0 saturated carbocycles. The lowest BCUT2D eigenvalue weighted by Gasteiger charge is -2.21. The fourth-order valence-corrected chi connectivity index (χ4v) is 3.25. The highest BCUT2D eigenvalue weighted by molar-refractivity contribution is 14.0. The van der Waals surface area contributed by atoms with Crippen LogP contribution < -0.4 is 20.3 Å². The Hall–Kier alpha value is -2.17. The number of hydrogen-bond donors (Lipinski definition) is 2. The number of pyridine rings is 1. The number of guanidine groups is 1. The molecule has 0 aliphatic carbocycles. The predicted octanol–water partition coefficient (Wildman–Crippen LogP) is 3.71. The molecule has 1 atom stereocenters. The Labute approximate surface area is 193 Å². The summed E-state index contributed by atoms with van der Waals surface area (Å²) in [7, 11) is 1.69. The minimum absolute atomic E-state index is 0. The zero-order chi connectivity index (χ0) is 20.6. The van der Waals surface area contributed by atoms with E-state index in [1.165, 1.54) is 18.2 Å². The molecule has 3 rings (SSSR count). The fraction of sp³-hybridized carbons (Fsp3) is 0.429. The van der Waals surface area contributed by atoms with Crippen molar-refractivity contribution in [2.75, 3.05) is 31.6 Å². The van der Waals surface area contributed by atoms with E-state index >= 15 is 0 Å². The Morgan fingerprint density at radius 3 is 2.67 bits per heavy atom. The van der Waals surface area contributed by atoms with Gasteiger partial charge in [-0.15, -0.1) is 24.0 Å². The van der Waals surface area contributed by atoms with Crippen LogP contribution in [0.15, 0.2) is 41.5 Å². The van der Waals surface area contributed by atoms with Crippen LogP contribution in [-0.2, 0) is 6.54 Å². The summed E-state index contributed by atoms with van der Waals surface area (Å²) >= 11 is 0. The molecule has 1 fully saturated rings. The van der Waals surface area contributed by atoms with Gasteiger partial charge in [0.1, 0.15) is 17.3 Å². The Balaban J connectivity index is 0.00000320. The third kappa shape index (κ3) is 6.41. The van der Waals surface area contributed by atoms with Crippen LogP contribution >= 0.6 is 24.0 Å². The Morgan fingerprint density at radius 1 is 1.27 bits per heavy atom. The summed E-state index contributed by atoms with van der Waals surface area (Å²) in [6, 6.07) is 7.79. The number of rotatable bonds is 7. The van der Waals surface area contributed by atoms with E-state index in [0.29, 0.717) is 38.1 Å². The first-order chi connectivity index (χ1) is 14.1. The second-order valence-electron chi connectivity index (χ2n) is 6.93. The number of nitrogens with zero attached hydrogens (tertiary/aromatic N) is 3. The zero-order valence-corrected chi connectivity index (χ0v) is 19.5. The number of anilines is 1. The molecular weight excluding hydrogens is 503 g/mol. The second kappa shape index (κ2) is 11.9. The molecule has 0 bridgehead atoms. The molecule has 2 N–H and O–H groups in total. The molecule has 2 heterocycles. The van der Waals surface area contributed by atoms with Gasteiger partial charge in [-0.05, 0) is 30.5 Å². The Bertz CT molecular complexity index is 814. The largest absolute Gasteiger partial charge is 0.478 e. The van der Waals surface area contributed by atoms with Gasteiger partial charge in [0.2, 0.25) is 5.88 Å². The van der Waals surface area contributed by atoms with Gasteiger partial charge in [0.25, 0.3) is 0 Å². The van der Waals surface area contributed by atoms with Crippen molar-refractivity contribution in [1.29, 1.82) is 0 Å². The van der Waals surface area contributed by atoms with Crippen LogP contribution in [-0.4, -0.2) is 43.7 Å². The maximum Gasteiger partial charge on any atom is 0.213 e. The summed E-state index contributed by atoms with van der Waals surface area (Å²) in [5.41, 5.74) is 1.04. The van der Waals surface area contributed by atoms with Crippen molar-refractivity contribution in [3.05, 3.63) is 53.7 Å². The molecule has 30 heavy (non-hydrogen) atoms. The number of halogens is 3. The van der Waals surface area contributed by atoms with Crippen LogP contribution in [0.2, 0.25) is 0 Å². The van der Waals surface area contributed by atoms with E-state index in [4.69, 9.17) is 4.74 Å². The molecular formula is C21H28F2IN5O. The lowest BCUT2D eigenvalue weighted by molar-refractivity contribution is 0.305. The standard InChI is InChI=1S/C21H27F2N5O.HI/c1-3-11-29-19-8-7-15(12-25-19)13-26-21(24-2)27-16-9-10-28(14-16)20-17(22)5-4-6-18(20)23;/h4-8,12,16H,3,9-11,13-14H2,1-2H3,(H2,24,26,27);1H. The topological polar surface area (TPSA) is 61.8 Å². The van der Waals surface area contributed by atoms with Gasteiger partial charge in [0.15, 0.2) is 5.96 Å². The van der Waals surface area contributed by atoms with Crippen molar-refractivity contribution in [1.82, 2.24) is 15.6 Å². The zero-order valence-electron chi connectivity index (χ0n) is 17.2. The number of hydrogen-bond acceptors (Lipinski definition) is 4. The lowest BCUT2D eigenvalue weighted by Crippen LogP contribution is -2.44. The molecule has 1 aliphatic heterocycles. The number of aliphatic imine (C=N–C) groups is 1. The van der Waals surface area contributed by atoms with Gasteiger partial charge in [0.05, 0.1) is 6.61 Å². The molecule has 9 heteroatoms. The maximum atomic E-state index is 14.0. The molecule has 1 aromatic heterocycles. The highest BCUT2D eigenvalue weighted by Gasteiger charge is 2.27. The lowest BCUT2D eigenvalue weighted by atomic mass is 10.2. The van der Waals surface area contributed by atoms with Crippen molar-refractivity contribution < 1.29 is 13.5 Å². The molecule has 0 radical (unpaired) electrons. The van der Waals surface area contributed by atoms with Crippen LogP contribution in [0.1, 0.15) is 25.3 Å². The van der Waals surface area contributed by atoms with E-state index in [9.17, 15) is 8.78 Å². The minimum atomic E-state index is -0.535. The van der Waals surface area contributed by atoms with Crippen molar-refractivity contribution >= 4 is 35.6 Å². The number of nitrogens with one attached hydrogen (secondary N) is 2. The quantitative estimate of drug-likeness (QED) is 0.324. The van der Waals surface area contributed by atoms with Gasteiger partial charge in [-0.3, -0.25) is 4.99 Å². The van der Waals surface area contributed by atoms with Crippen LogP contribution in [0.25, 0.3) is 0 Å². The van der Waals surface area contributed by atoms with Gasteiger partial charge in [-0.25, -0.2) is 13.8 Å². The van der Waals surface area contributed by atoms with E-state index in [0.717, 1.165) is 18.4 Å². The highest BCUT2D eigenvalue weighted by Crippen LogP contribution is 2.26. The summed E-state index contributed by atoms with van der Waals surface area (Å²) in [6.07, 6.45) is 3.47. The van der Waals surface area contributed by atoms with Crippen LogP contribution in [0.3, 0.4) is 0 Å². The maximum absolute atomic E-state index is 14.0. The van der Waals surface area contributed by atoms with E-state index in [2.05, 4.69) is 20.6 Å². The Kier molecular flexibility index (Phi) is 9.54. The van der Waals surface area contributed by atoms with Crippen molar-refractivity contribution in [3.8, 4) is 5.88 Å². The normalized spacial score (nSPS) is 16.2. The molecule has 1 unspecified atom stereocenters. The number of aromatic nitrogens is 1. The predicted molar refractivity (Wildman–Crippen MR) is 126 cm³/mol. The Morgan fingerprint density at radius 2 is 2.03 bits per heavy atom. The summed E-state index contributed by atoms with van der Waals surface area (Å²) in [6.45, 7) is 4.34. The molecule has 164 valence electrons. The van der Waals surface area contributed by atoms with E-state index in [-0.39, 0.29) is 35.7 Å². The smallest absolute Gasteiger partial charge is 0.213 e. The summed E-state index contributed by atoms with van der Waals surface area (Å²) in [4.78, 5) is 10.3. The summed E-state index contributed by atoms with van der Waals surface area (Å²) in [5, 5.41) is 6.57. The minimum Gasteiger partial charge on any atom is -0.478 e. The first-order valence-electron chi connectivity index (χ1n) is 9.84. The first-order valence-corrected chi connectivity index (χ1v) is 9.84. The van der Waals surface area contributed by atoms with Crippen LogP contribution in [0.4, 0.5) is 14.5 Å². The molecule has 0 spiro atoms. The van der Waals surface area contributed by atoms with E-state index in [1.807, 2.05) is 19.1 Å². The molecule has 2 aromatic rings. The molecule has 1 aliphatic rings. The van der Waals surface area contributed by atoms with Crippen LogP contribution in [0, 0.1) is 11.6 Å². The second-order valence-corrected chi connectivity index (χ2v) is 6.93. The highest BCUT2D eigenvalue weighted by atomic mass is 127. The number of para-hydroxylation sites is 1. The molecule has 0 amide bonds. The summed E-state index contributed by atoms with van der Waals surface area (Å²) in [5.74, 6) is 0.181. The number of benzene rings is 1.